The fraction of sp³-hybridized carbons (Fsp3) is 0.278. The molecule has 3 nitrogen and oxygen atoms in total. The molecule has 0 unspecified atom stereocenters. The monoisotopic (exact) mass is 349 g/mol. The van der Waals surface area contributed by atoms with Crippen LogP contribution in [0.5, 0.6) is 5.75 Å². The predicted octanol–water partition coefficient (Wildman–Crippen LogP) is 5.72. The van der Waals surface area contributed by atoms with Crippen LogP contribution in [-0.4, -0.2) is 11.0 Å². The molecule has 2 aromatic rings. The number of carbonyl (C=O) groups excluding carboxylic acids is 1. The number of benzene rings is 2. The van der Waals surface area contributed by atoms with E-state index in [-0.39, 0.29) is 11.7 Å². The van der Waals surface area contributed by atoms with Crippen molar-refractivity contribution in [3.05, 3.63) is 47.5 Å². The number of unbranched alkanes of at least 4 members (excludes halogenated alkanes) is 2. The summed E-state index contributed by atoms with van der Waals surface area (Å²) in [7, 11) is 0. The van der Waals surface area contributed by atoms with E-state index in [2.05, 4.69) is 12.2 Å². The highest BCUT2D eigenvalue weighted by Crippen LogP contribution is 2.39. The number of anilines is 1. The Bertz CT molecular complexity index is 676. The Balaban J connectivity index is 2.14. The number of phenolic OH excluding ortho intramolecular Hbond substituents is 1. The van der Waals surface area contributed by atoms with Gasteiger partial charge in [-0.3, -0.25) is 4.79 Å². The molecule has 0 aliphatic heterocycles. The first-order chi connectivity index (χ1) is 11.1. The van der Waals surface area contributed by atoms with Gasteiger partial charge in [-0.25, -0.2) is 0 Å². The molecule has 0 fully saturated rings. The zero-order valence-corrected chi connectivity index (χ0v) is 14.6. The van der Waals surface area contributed by atoms with Crippen molar-refractivity contribution < 1.29 is 9.90 Å². The molecule has 0 aliphatic carbocycles. The molecular formula is C18H20ClNO2S. The molecule has 0 heterocycles. The summed E-state index contributed by atoms with van der Waals surface area (Å²) in [6.07, 6.45) is 3.41. The van der Waals surface area contributed by atoms with Gasteiger partial charge < -0.3 is 10.4 Å². The van der Waals surface area contributed by atoms with Crippen LogP contribution in [0.15, 0.2) is 52.3 Å². The van der Waals surface area contributed by atoms with E-state index in [9.17, 15) is 9.90 Å². The lowest BCUT2D eigenvalue weighted by Gasteiger charge is -2.12. The summed E-state index contributed by atoms with van der Waals surface area (Å²) < 4.78 is 0. The molecule has 5 heteroatoms. The van der Waals surface area contributed by atoms with E-state index in [1.165, 1.54) is 11.8 Å². The third-order valence-electron chi connectivity index (χ3n) is 3.30. The van der Waals surface area contributed by atoms with Crippen molar-refractivity contribution in [3.63, 3.8) is 0 Å². The molecule has 1 amide bonds. The van der Waals surface area contributed by atoms with Crippen molar-refractivity contribution in [2.75, 3.05) is 5.32 Å². The van der Waals surface area contributed by atoms with Crippen molar-refractivity contribution in [2.24, 2.45) is 0 Å². The molecule has 122 valence electrons. The third kappa shape index (κ3) is 5.48. The number of hydrogen-bond acceptors (Lipinski definition) is 3. The van der Waals surface area contributed by atoms with Gasteiger partial charge in [-0.05, 0) is 36.8 Å². The van der Waals surface area contributed by atoms with Crippen LogP contribution in [0.2, 0.25) is 5.02 Å². The minimum Gasteiger partial charge on any atom is -0.506 e. The van der Waals surface area contributed by atoms with E-state index in [1.54, 1.807) is 12.1 Å². The molecule has 0 radical (unpaired) electrons. The number of aromatic hydroxyl groups is 1. The standard InChI is InChI=1S/C18H20ClNO2S/c1-2-3-4-11-17(22)20-18-15(21)9-6-10-16(18)23-14-8-5-7-13(19)12-14/h5-10,12,21H,2-4,11H2,1H3,(H,20,22). The highest BCUT2D eigenvalue weighted by molar-refractivity contribution is 7.99. The van der Waals surface area contributed by atoms with Gasteiger partial charge in [0.05, 0.1) is 5.69 Å². The van der Waals surface area contributed by atoms with Gasteiger partial charge in [0.1, 0.15) is 5.75 Å². The Labute approximate surface area is 146 Å². The molecule has 0 spiro atoms. The van der Waals surface area contributed by atoms with Crippen molar-refractivity contribution in [3.8, 4) is 5.75 Å². The van der Waals surface area contributed by atoms with Crippen LogP contribution < -0.4 is 5.32 Å². The smallest absolute Gasteiger partial charge is 0.224 e. The summed E-state index contributed by atoms with van der Waals surface area (Å²) in [4.78, 5) is 13.8. The van der Waals surface area contributed by atoms with Crippen LogP contribution in [0.25, 0.3) is 0 Å². The summed E-state index contributed by atoms with van der Waals surface area (Å²) >= 11 is 7.46. The molecule has 2 N–H and O–H groups in total. The number of carbonyl (C=O) groups is 1. The van der Waals surface area contributed by atoms with Gasteiger partial charge in [0.2, 0.25) is 5.91 Å². The Morgan fingerprint density at radius 2 is 2.00 bits per heavy atom. The number of halogens is 1. The van der Waals surface area contributed by atoms with Gasteiger partial charge in [-0.1, -0.05) is 55.3 Å². The number of para-hydroxylation sites is 1. The van der Waals surface area contributed by atoms with Gasteiger partial charge in [0.25, 0.3) is 0 Å². The molecule has 2 rings (SSSR count). The molecule has 23 heavy (non-hydrogen) atoms. The first-order valence-electron chi connectivity index (χ1n) is 7.65. The second-order valence-electron chi connectivity index (χ2n) is 5.21. The van der Waals surface area contributed by atoms with E-state index in [1.807, 2.05) is 30.3 Å². The SMILES string of the molecule is CCCCCC(=O)Nc1c(O)cccc1Sc1cccc(Cl)c1. The maximum absolute atomic E-state index is 12.0. The van der Waals surface area contributed by atoms with E-state index in [4.69, 9.17) is 11.6 Å². The summed E-state index contributed by atoms with van der Waals surface area (Å²) in [5.41, 5.74) is 0.457. The lowest BCUT2D eigenvalue weighted by atomic mass is 10.2. The van der Waals surface area contributed by atoms with Gasteiger partial charge in [-0.15, -0.1) is 0 Å². The number of rotatable bonds is 7. The van der Waals surface area contributed by atoms with Crippen LogP contribution in [-0.2, 0) is 4.79 Å². The highest BCUT2D eigenvalue weighted by Gasteiger charge is 2.12. The van der Waals surface area contributed by atoms with E-state index < -0.39 is 0 Å². The zero-order chi connectivity index (χ0) is 16.7. The second kappa shape index (κ2) is 8.85. The van der Waals surface area contributed by atoms with Gasteiger partial charge >= 0.3 is 0 Å². The summed E-state index contributed by atoms with van der Waals surface area (Å²) in [5.74, 6) is -0.00577. The number of hydrogen-bond donors (Lipinski definition) is 2. The Morgan fingerprint density at radius 1 is 1.22 bits per heavy atom. The molecule has 0 aliphatic rings. The predicted molar refractivity (Wildman–Crippen MR) is 96.5 cm³/mol. The van der Waals surface area contributed by atoms with Crippen molar-refractivity contribution in [1.29, 1.82) is 0 Å². The molecule has 2 aromatic carbocycles. The number of nitrogens with one attached hydrogen (secondary N) is 1. The molecular weight excluding hydrogens is 330 g/mol. The molecule has 0 atom stereocenters. The largest absolute Gasteiger partial charge is 0.506 e. The van der Waals surface area contributed by atoms with Crippen molar-refractivity contribution >= 4 is 35.0 Å². The summed E-state index contributed by atoms with van der Waals surface area (Å²) in [6, 6.07) is 12.7. The molecule has 0 aromatic heterocycles. The Morgan fingerprint density at radius 3 is 2.74 bits per heavy atom. The topological polar surface area (TPSA) is 49.3 Å². The van der Waals surface area contributed by atoms with Crippen LogP contribution in [0, 0.1) is 0 Å². The first-order valence-corrected chi connectivity index (χ1v) is 8.85. The minimum atomic E-state index is -0.0760. The molecule has 0 saturated carbocycles. The van der Waals surface area contributed by atoms with Gasteiger partial charge in [-0.2, -0.15) is 0 Å². The highest BCUT2D eigenvalue weighted by atomic mass is 35.5. The fourth-order valence-electron chi connectivity index (χ4n) is 2.13. The van der Waals surface area contributed by atoms with Crippen LogP contribution in [0.3, 0.4) is 0 Å². The minimum absolute atomic E-state index is 0.0702. The van der Waals surface area contributed by atoms with Crippen LogP contribution >= 0.6 is 23.4 Å². The average Bonchev–Trinajstić information content (AvgIpc) is 2.51. The van der Waals surface area contributed by atoms with E-state index in [0.717, 1.165) is 29.1 Å². The molecule has 0 bridgehead atoms. The summed E-state index contributed by atoms with van der Waals surface area (Å²) in [6.45, 7) is 2.10. The maximum atomic E-state index is 12.0. The first kappa shape index (κ1) is 17.7. The Kier molecular flexibility index (Phi) is 6.81. The zero-order valence-electron chi connectivity index (χ0n) is 13.0. The van der Waals surface area contributed by atoms with Crippen molar-refractivity contribution in [1.82, 2.24) is 0 Å². The van der Waals surface area contributed by atoms with E-state index >= 15 is 0 Å². The third-order valence-corrected chi connectivity index (χ3v) is 4.58. The quantitative estimate of drug-likeness (QED) is 0.496. The average molecular weight is 350 g/mol. The normalized spacial score (nSPS) is 10.5. The lowest BCUT2D eigenvalue weighted by Crippen LogP contribution is -2.11. The van der Waals surface area contributed by atoms with Crippen LogP contribution in [0.4, 0.5) is 5.69 Å². The molecule has 0 saturated heterocycles. The number of phenols is 1. The van der Waals surface area contributed by atoms with Crippen LogP contribution in [0.1, 0.15) is 32.6 Å². The lowest BCUT2D eigenvalue weighted by molar-refractivity contribution is -0.116. The number of amides is 1. The summed E-state index contributed by atoms with van der Waals surface area (Å²) in [5, 5.41) is 13.6. The maximum Gasteiger partial charge on any atom is 0.224 e. The second-order valence-corrected chi connectivity index (χ2v) is 6.77. The van der Waals surface area contributed by atoms with Gasteiger partial charge in [0, 0.05) is 21.2 Å². The van der Waals surface area contributed by atoms with Gasteiger partial charge in [0.15, 0.2) is 0 Å². The fourth-order valence-corrected chi connectivity index (χ4v) is 3.37. The Hall–Kier alpha value is -1.65. The van der Waals surface area contributed by atoms with E-state index in [0.29, 0.717) is 17.1 Å². The van der Waals surface area contributed by atoms with Crippen molar-refractivity contribution in [2.45, 2.75) is 42.4 Å².